The minimum Gasteiger partial charge on any atom is -0.344 e. The van der Waals surface area contributed by atoms with Crippen molar-refractivity contribution in [1.29, 1.82) is 0 Å². The Morgan fingerprint density at radius 3 is 2.64 bits per heavy atom. The SMILES string of the molecule is Cc1ccc2c(c1)c1c(n2CCc2ccc(F)cc2)CC(C)N(C)C1. The molecule has 1 atom stereocenters. The van der Waals surface area contributed by atoms with Crippen molar-refractivity contribution >= 4 is 10.9 Å². The van der Waals surface area contributed by atoms with Crippen LogP contribution in [-0.2, 0) is 25.9 Å². The third-order valence-corrected chi connectivity index (χ3v) is 5.63. The average Bonchev–Trinajstić information content (AvgIpc) is 2.87. The zero-order valence-corrected chi connectivity index (χ0v) is 15.2. The van der Waals surface area contributed by atoms with Crippen molar-refractivity contribution in [2.45, 2.75) is 45.8 Å². The van der Waals surface area contributed by atoms with Crippen LogP contribution in [0.2, 0.25) is 0 Å². The van der Waals surface area contributed by atoms with E-state index in [1.54, 1.807) is 12.1 Å². The van der Waals surface area contributed by atoms with Crippen LogP contribution in [0.5, 0.6) is 0 Å². The van der Waals surface area contributed by atoms with E-state index < -0.39 is 0 Å². The van der Waals surface area contributed by atoms with Crippen LogP contribution in [0.25, 0.3) is 10.9 Å². The molecular weight excluding hydrogens is 311 g/mol. The first-order valence-corrected chi connectivity index (χ1v) is 9.08. The molecular formula is C22H25FN2. The summed E-state index contributed by atoms with van der Waals surface area (Å²) in [4.78, 5) is 2.44. The largest absolute Gasteiger partial charge is 0.344 e. The van der Waals surface area contributed by atoms with E-state index in [-0.39, 0.29) is 5.82 Å². The fourth-order valence-corrected chi connectivity index (χ4v) is 3.99. The van der Waals surface area contributed by atoms with Crippen LogP contribution in [0.15, 0.2) is 42.5 Å². The van der Waals surface area contributed by atoms with E-state index in [1.165, 1.54) is 33.3 Å². The summed E-state index contributed by atoms with van der Waals surface area (Å²) in [6.45, 7) is 6.42. The highest BCUT2D eigenvalue weighted by Crippen LogP contribution is 2.33. The number of aromatic nitrogens is 1. The Kier molecular flexibility index (Phi) is 4.12. The third-order valence-electron chi connectivity index (χ3n) is 5.63. The van der Waals surface area contributed by atoms with Crippen LogP contribution in [-0.4, -0.2) is 22.6 Å². The molecule has 2 nitrogen and oxygen atoms in total. The minimum atomic E-state index is -0.167. The number of rotatable bonds is 3. The molecule has 0 bridgehead atoms. The van der Waals surface area contributed by atoms with Gasteiger partial charge in [0, 0.05) is 42.1 Å². The molecule has 0 saturated heterocycles. The van der Waals surface area contributed by atoms with Crippen LogP contribution in [0.4, 0.5) is 4.39 Å². The van der Waals surface area contributed by atoms with Crippen LogP contribution in [0.3, 0.4) is 0 Å². The molecule has 0 N–H and O–H groups in total. The molecule has 130 valence electrons. The van der Waals surface area contributed by atoms with Gasteiger partial charge in [0.15, 0.2) is 0 Å². The molecule has 3 aromatic rings. The maximum absolute atomic E-state index is 13.1. The van der Waals surface area contributed by atoms with Crippen molar-refractivity contribution in [3.8, 4) is 0 Å². The molecule has 1 unspecified atom stereocenters. The second-order valence-electron chi connectivity index (χ2n) is 7.44. The van der Waals surface area contributed by atoms with E-state index in [4.69, 9.17) is 0 Å². The fourth-order valence-electron chi connectivity index (χ4n) is 3.99. The molecule has 0 saturated carbocycles. The Morgan fingerprint density at radius 1 is 1.12 bits per heavy atom. The van der Waals surface area contributed by atoms with Gasteiger partial charge < -0.3 is 4.57 Å². The molecule has 3 heteroatoms. The molecule has 4 rings (SSSR count). The van der Waals surface area contributed by atoms with E-state index in [9.17, 15) is 4.39 Å². The lowest BCUT2D eigenvalue weighted by molar-refractivity contribution is 0.228. The lowest BCUT2D eigenvalue weighted by Crippen LogP contribution is -2.35. The number of likely N-dealkylation sites (N-methyl/N-ethyl adjacent to an activating group) is 1. The summed E-state index contributed by atoms with van der Waals surface area (Å²) >= 11 is 0. The molecule has 0 spiro atoms. The highest BCUT2D eigenvalue weighted by molar-refractivity contribution is 5.86. The van der Waals surface area contributed by atoms with Crippen molar-refractivity contribution in [2.75, 3.05) is 7.05 Å². The van der Waals surface area contributed by atoms with Crippen molar-refractivity contribution < 1.29 is 4.39 Å². The minimum absolute atomic E-state index is 0.167. The first kappa shape index (κ1) is 16.3. The van der Waals surface area contributed by atoms with Crippen molar-refractivity contribution in [2.24, 2.45) is 0 Å². The van der Waals surface area contributed by atoms with Gasteiger partial charge in [-0.2, -0.15) is 0 Å². The Hall–Kier alpha value is -2.13. The Balaban J connectivity index is 1.74. The molecule has 25 heavy (non-hydrogen) atoms. The van der Waals surface area contributed by atoms with Crippen molar-refractivity contribution in [3.05, 3.63) is 70.7 Å². The van der Waals surface area contributed by atoms with Crippen LogP contribution in [0.1, 0.15) is 29.3 Å². The monoisotopic (exact) mass is 336 g/mol. The van der Waals surface area contributed by atoms with Gasteiger partial charge in [0.05, 0.1) is 0 Å². The van der Waals surface area contributed by atoms with Gasteiger partial charge in [0.2, 0.25) is 0 Å². The first-order chi connectivity index (χ1) is 12.0. The molecule has 1 aliphatic heterocycles. The van der Waals surface area contributed by atoms with E-state index in [0.717, 1.165) is 25.9 Å². The van der Waals surface area contributed by atoms with Crippen molar-refractivity contribution in [1.82, 2.24) is 9.47 Å². The molecule has 0 aliphatic carbocycles. The van der Waals surface area contributed by atoms with Gasteiger partial charge >= 0.3 is 0 Å². The van der Waals surface area contributed by atoms with Gasteiger partial charge in [-0.05, 0) is 62.7 Å². The van der Waals surface area contributed by atoms with E-state index in [1.807, 2.05) is 12.1 Å². The molecule has 1 aromatic heterocycles. The lowest BCUT2D eigenvalue weighted by Gasteiger charge is -2.31. The summed E-state index contributed by atoms with van der Waals surface area (Å²) in [6.07, 6.45) is 2.01. The second-order valence-corrected chi connectivity index (χ2v) is 7.44. The number of nitrogens with zero attached hydrogens (tertiary/aromatic N) is 2. The quantitative estimate of drug-likeness (QED) is 0.672. The summed E-state index contributed by atoms with van der Waals surface area (Å²) in [5, 5.41) is 1.40. The smallest absolute Gasteiger partial charge is 0.123 e. The van der Waals surface area contributed by atoms with Gasteiger partial charge in [0.25, 0.3) is 0 Å². The maximum Gasteiger partial charge on any atom is 0.123 e. The standard InChI is InChI=1S/C22H25FN2/c1-15-4-9-21-19(12-15)20-14-24(3)16(2)13-22(20)25(21)11-10-17-5-7-18(23)8-6-17/h4-9,12,16H,10-11,13-14H2,1-3H3. The first-order valence-electron chi connectivity index (χ1n) is 9.08. The number of halogens is 1. The predicted octanol–water partition coefficient (Wildman–Crippen LogP) is 4.71. The predicted molar refractivity (Wildman–Crippen MR) is 101 cm³/mol. The normalized spacial score (nSPS) is 17.8. The Labute approximate surface area is 148 Å². The Bertz CT molecular complexity index is 908. The average molecular weight is 336 g/mol. The molecule has 2 heterocycles. The van der Waals surface area contributed by atoms with Gasteiger partial charge in [0.1, 0.15) is 5.82 Å². The number of fused-ring (bicyclic) bond motifs is 3. The molecule has 0 fully saturated rings. The van der Waals surface area contributed by atoms with E-state index in [0.29, 0.717) is 6.04 Å². The molecule has 0 amide bonds. The molecule has 2 aromatic carbocycles. The van der Waals surface area contributed by atoms with Crippen molar-refractivity contribution in [3.63, 3.8) is 0 Å². The van der Waals surface area contributed by atoms with E-state index >= 15 is 0 Å². The maximum atomic E-state index is 13.1. The summed E-state index contributed by atoms with van der Waals surface area (Å²) in [7, 11) is 2.21. The van der Waals surface area contributed by atoms with E-state index in [2.05, 4.69) is 48.6 Å². The number of benzene rings is 2. The zero-order chi connectivity index (χ0) is 17.6. The summed E-state index contributed by atoms with van der Waals surface area (Å²) in [5.41, 5.74) is 6.80. The number of hydrogen-bond donors (Lipinski definition) is 0. The number of hydrogen-bond acceptors (Lipinski definition) is 1. The van der Waals surface area contributed by atoms with Gasteiger partial charge in [-0.1, -0.05) is 23.8 Å². The zero-order valence-electron chi connectivity index (χ0n) is 15.2. The topological polar surface area (TPSA) is 8.17 Å². The lowest BCUT2D eigenvalue weighted by atomic mass is 9.99. The summed E-state index contributed by atoms with van der Waals surface area (Å²) in [6, 6.07) is 14.3. The number of aryl methyl sites for hydroxylation is 3. The summed E-state index contributed by atoms with van der Waals surface area (Å²) in [5.74, 6) is -0.167. The van der Waals surface area contributed by atoms with Crippen LogP contribution < -0.4 is 0 Å². The third kappa shape index (κ3) is 2.98. The van der Waals surface area contributed by atoms with Crippen LogP contribution in [0, 0.1) is 12.7 Å². The molecule has 1 aliphatic rings. The fraction of sp³-hybridized carbons (Fsp3) is 0.364. The Morgan fingerprint density at radius 2 is 1.88 bits per heavy atom. The van der Waals surface area contributed by atoms with Gasteiger partial charge in [-0.3, -0.25) is 4.90 Å². The van der Waals surface area contributed by atoms with Crippen LogP contribution >= 0.6 is 0 Å². The molecule has 0 radical (unpaired) electrons. The van der Waals surface area contributed by atoms with Gasteiger partial charge in [-0.25, -0.2) is 4.39 Å². The second kappa shape index (κ2) is 6.30. The summed E-state index contributed by atoms with van der Waals surface area (Å²) < 4.78 is 15.6. The van der Waals surface area contributed by atoms with Gasteiger partial charge in [-0.15, -0.1) is 0 Å². The highest BCUT2D eigenvalue weighted by atomic mass is 19.1. The highest BCUT2D eigenvalue weighted by Gasteiger charge is 2.26.